The highest BCUT2D eigenvalue weighted by atomic mass is 35.5. The Morgan fingerprint density at radius 2 is 2.26 bits per heavy atom. The maximum atomic E-state index is 10.8. The molecule has 0 aromatic carbocycles. The van der Waals surface area contributed by atoms with Crippen LogP contribution >= 0.6 is 11.6 Å². The summed E-state index contributed by atoms with van der Waals surface area (Å²) >= 11 is 5.93. The summed E-state index contributed by atoms with van der Waals surface area (Å²) < 4.78 is 1.73. The van der Waals surface area contributed by atoms with Crippen molar-refractivity contribution in [3.63, 3.8) is 0 Å². The zero-order valence-corrected chi connectivity index (χ0v) is 10.4. The van der Waals surface area contributed by atoms with Gasteiger partial charge in [-0.1, -0.05) is 23.8 Å². The van der Waals surface area contributed by atoms with Crippen molar-refractivity contribution in [1.82, 2.24) is 19.5 Å². The predicted octanol–water partition coefficient (Wildman–Crippen LogP) is -0.0710. The summed E-state index contributed by atoms with van der Waals surface area (Å²) in [6.07, 6.45) is 5.35. The van der Waals surface area contributed by atoms with Crippen LogP contribution in [0.5, 0.6) is 0 Å². The Morgan fingerprint density at radius 1 is 1.47 bits per heavy atom. The number of aromatic nitrogens is 4. The number of carbonyl (C=O) groups excluding carboxylic acids is 1. The number of hydrogen-bond donors (Lipinski definition) is 1. The lowest BCUT2D eigenvalue weighted by atomic mass is 10.1. The second-order valence-electron chi connectivity index (χ2n) is 4.31. The molecule has 0 bridgehead atoms. The number of nitrogen functional groups attached to an aromatic ring is 1. The number of nitrogens with two attached hydrogens (primary N) is 1. The highest BCUT2D eigenvalue weighted by Gasteiger charge is 2.23. The number of anilines is 1. The van der Waals surface area contributed by atoms with Crippen molar-refractivity contribution in [3.05, 3.63) is 23.6 Å². The number of allylic oxidation sites excluding steroid dienone is 1. The van der Waals surface area contributed by atoms with E-state index in [0.29, 0.717) is 17.6 Å². The van der Waals surface area contributed by atoms with E-state index in [1.165, 1.54) is 0 Å². The number of carboxylic acids is 1. The molecule has 2 atom stereocenters. The fourth-order valence-corrected chi connectivity index (χ4v) is 2.42. The van der Waals surface area contributed by atoms with Gasteiger partial charge in [-0.05, 0) is 6.42 Å². The second-order valence-corrected chi connectivity index (χ2v) is 4.67. The number of halogens is 1. The van der Waals surface area contributed by atoms with Crippen molar-refractivity contribution in [2.24, 2.45) is 5.92 Å². The zero-order valence-electron chi connectivity index (χ0n) is 9.65. The first-order valence-corrected chi connectivity index (χ1v) is 5.99. The molecule has 2 N–H and O–H groups in total. The lowest BCUT2D eigenvalue weighted by Gasteiger charge is -2.14. The van der Waals surface area contributed by atoms with Crippen LogP contribution < -0.4 is 10.8 Å². The zero-order chi connectivity index (χ0) is 13.6. The van der Waals surface area contributed by atoms with Gasteiger partial charge in [-0.2, -0.15) is 9.97 Å². The number of carbonyl (C=O) groups is 1. The summed E-state index contributed by atoms with van der Waals surface area (Å²) in [5.41, 5.74) is 6.49. The van der Waals surface area contributed by atoms with Crippen LogP contribution in [-0.4, -0.2) is 25.5 Å². The number of fused-ring (bicyclic) bond motifs is 1. The molecule has 0 radical (unpaired) electrons. The Balaban J connectivity index is 2.03. The van der Waals surface area contributed by atoms with Crippen LogP contribution in [0, 0.1) is 5.92 Å². The van der Waals surface area contributed by atoms with Crippen molar-refractivity contribution in [1.29, 1.82) is 0 Å². The van der Waals surface area contributed by atoms with E-state index in [1.807, 2.05) is 0 Å². The van der Waals surface area contributed by atoms with Crippen LogP contribution in [0.2, 0.25) is 5.15 Å². The van der Waals surface area contributed by atoms with E-state index in [9.17, 15) is 9.90 Å². The van der Waals surface area contributed by atoms with E-state index in [0.717, 1.165) is 0 Å². The van der Waals surface area contributed by atoms with Gasteiger partial charge in [0.1, 0.15) is 5.52 Å². The molecule has 3 rings (SSSR count). The minimum Gasteiger partial charge on any atom is -0.550 e. The van der Waals surface area contributed by atoms with Gasteiger partial charge in [0.05, 0.1) is 12.4 Å². The van der Waals surface area contributed by atoms with Crippen LogP contribution in [0.3, 0.4) is 0 Å². The summed E-state index contributed by atoms with van der Waals surface area (Å²) in [4.78, 5) is 22.9. The van der Waals surface area contributed by atoms with Crippen LogP contribution in [0.25, 0.3) is 11.2 Å². The quantitative estimate of drug-likeness (QED) is 0.608. The van der Waals surface area contributed by atoms with E-state index in [2.05, 4.69) is 15.0 Å². The maximum Gasteiger partial charge on any atom is 0.223 e. The molecule has 8 heteroatoms. The van der Waals surface area contributed by atoms with Crippen molar-refractivity contribution in [2.45, 2.75) is 12.5 Å². The van der Waals surface area contributed by atoms with Gasteiger partial charge < -0.3 is 20.2 Å². The summed E-state index contributed by atoms with van der Waals surface area (Å²) in [6, 6.07) is -0.154. The molecule has 0 amide bonds. The number of aliphatic carboxylic acids is 1. The largest absolute Gasteiger partial charge is 0.550 e. The highest BCUT2D eigenvalue weighted by molar-refractivity contribution is 6.33. The summed E-state index contributed by atoms with van der Waals surface area (Å²) in [7, 11) is 0. The van der Waals surface area contributed by atoms with Crippen molar-refractivity contribution < 1.29 is 9.90 Å². The van der Waals surface area contributed by atoms with E-state index in [1.54, 1.807) is 23.0 Å². The monoisotopic (exact) mass is 278 g/mol. The SMILES string of the molecule is Nc1nc(Cl)c2ncn([C@H]3C=C[C@@H](C(=O)[O-])C3)c2n1. The van der Waals surface area contributed by atoms with Crippen molar-refractivity contribution in [3.8, 4) is 0 Å². The standard InChI is InChI=1S/C11H10ClN5O2/c12-8-7-9(16-11(13)15-8)17(4-14-7)6-2-1-5(3-6)10(18)19/h1-2,4-6H,3H2,(H,18,19)(H2,13,15,16)/p-1/t5-,6+/m1/s1. The average molecular weight is 279 g/mol. The summed E-state index contributed by atoms with van der Waals surface area (Å²) in [5.74, 6) is -1.63. The van der Waals surface area contributed by atoms with Crippen LogP contribution in [0.1, 0.15) is 12.5 Å². The predicted molar refractivity (Wildman–Crippen MR) is 66.0 cm³/mol. The topological polar surface area (TPSA) is 110 Å². The number of rotatable bonds is 2. The molecule has 2 aromatic rings. The molecule has 0 unspecified atom stereocenters. The number of hydrogen-bond acceptors (Lipinski definition) is 6. The van der Waals surface area contributed by atoms with Gasteiger partial charge in [0.25, 0.3) is 0 Å². The van der Waals surface area contributed by atoms with Gasteiger partial charge in [-0.15, -0.1) is 0 Å². The Labute approximate surface area is 112 Å². The summed E-state index contributed by atoms with van der Waals surface area (Å²) in [6.45, 7) is 0. The van der Waals surface area contributed by atoms with Crippen molar-refractivity contribution >= 4 is 34.7 Å². The van der Waals surface area contributed by atoms with Gasteiger partial charge in [0, 0.05) is 11.9 Å². The van der Waals surface area contributed by atoms with Crippen LogP contribution in [0.15, 0.2) is 18.5 Å². The molecule has 19 heavy (non-hydrogen) atoms. The molecule has 98 valence electrons. The first-order valence-electron chi connectivity index (χ1n) is 5.61. The Morgan fingerprint density at radius 3 is 2.95 bits per heavy atom. The van der Waals surface area contributed by atoms with Gasteiger partial charge >= 0.3 is 0 Å². The maximum absolute atomic E-state index is 10.8. The first-order chi connectivity index (χ1) is 9.06. The molecule has 2 heterocycles. The van der Waals surface area contributed by atoms with E-state index >= 15 is 0 Å². The molecular weight excluding hydrogens is 270 g/mol. The first kappa shape index (κ1) is 11.9. The van der Waals surface area contributed by atoms with E-state index < -0.39 is 11.9 Å². The minimum absolute atomic E-state index is 0.0534. The van der Waals surface area contributed by atoms with Crippen LogP contribution in [0.4, 0.5) is 5.95 Å². The van der Waals surface area contributed by atoms with E-state index in [-0.39, 0.29) is 17.1 Å². The molecule has 7 nitrogen and oxygen atoms in total. The number of imidazole rings is 1. The number of carboxylic acid groups (broad SMARTS) is 1. The average Bonchev–Trinajstić information content (AvgIpc) is 2.93. The molecular formula is C11H9ClN5O2-. The minimum atomic E-state index is -1.09. The smallest absolute Gasteiger partial charge is 0.223 e. The molecule has 1 aliphatic rings. The van der Waals surface area contributed by atoms with Gasteiger partial charge in [-0.3, -0.25) is 0 Å². The molecule has 0 saturated heterocycles. The normalized spacial score (nSPS) is 22.2. The third-order valence-electron chi connectivity index (χ3n) is 3.12. The highest BCUT2D eigenvalue weighted by Crippen LogP contribution is 2.31. The third kappa shape index (κ3) is 1.91. The van der Waals surface area contributed by atoms with Gasteiger partial charge in [0.2, 0.25) is 5.95 Å². The van der Waals surface area contributed by atoms with Crippen LogP contribution in [-0.2, 0) is 4.79 Å². The van der Waals surface area contributed by atoms with Gasteiger partial charge in [-0.25, -0.2) is 4.98 Å². The second kappa shape index (κ2) is 4.20. The third-order valence-corrected chi connectivity index (χ3v) is 3.38. The molecule has 0 spiro atoms. The molecule has 2 aromatic heterocycles. The Bertz CT molecular complexity index is 696. The lowest BCUT2D eigenvalue weighted by molar-refractivity contribution is -0.309. The summed E-state index contributed by atoms with van der Waals surface area (Å²) in [5, 5.41) is 11.0. The Hall–Kier alpha value is -2.15. The fraction of sp³-hybridized carbons (Fsp3) is 0.273. The molecule has 0 aliphatic heterocycles. The molecule has 0 fully saturated rings. The van der Waals surface area contributed by atoms with E-state index in [4.69, 9.17) is 17.3 Å². The molecule has 0 saturated carbocycles. The van der Waals surface area contributed by atoms with Crippen molar-refractivity contribution in [2.75, 3.05) is 5.73 Å². The lowest BCUT2D eigenvalue weighted by Crippen LogP contribution is -2.29. The number of nitrogens with zero attached hydrogens (tertiary/aromatic N) is 4. The molecule has 1 aliphatic carbocycles. The van der Waals surface area contributed by atoms with Gasteiger partial charge in [0.15, 0.2) is 10.8 Å². The Kier molecular flexibility index (Phi) is 2.63. The fourth-order valence-electron chi connectivity index (χ4n) is 2.20.